The molecule has 6 heteroatoms. The van der Waals surface area contributed by atoms with Gasteiger partial charge in [0.25, 0.3) is 0 Å². The van der Waals surface area contributed by atoms with Gasteiger partial charge in [-0.15, -0.1) is 0 Å². The van der Waals surface area contributed by atoms with Gasteiger partial charge in [-0.1, -0.05) is 6.92 Å². The molecule has 1 saturated carbocycles. The topological polar surface area (TPSA) is 77.9 Å². The molecule has 0 aromatic rings. The van der Waals surface area contributed by atoms with Crippen molar-refractivity contribution >= 4 is 17.8 Å². The van der Waals surface area contributed by atoms with Crippen LogP contribution in [-0.4, -0.2) is 58.4 Å². The first kappa shape index (κ1) is 14.4. The molecule has 2 amide bonds. The van der Waals surface area contributed by atoms with E-state index in [1.54, 1.807) is 4.90 Å². The first-order valence-electron chi connectivity index (χ1n) is 7.78. The molecule has 2 aliphatic heterocycles. The lowest BCUT2D eigenvalue weighted by molar-refractivity contribution is -0.150. The molecule has 3 rings (SSSR count). The molecule has 0 radical (unpaired) electrons. The van der Waals surface area contributed by atoms with Crippen LogP contribution in [0, 0.1) is 17.8 Å². The number of rotatable bonds is 4. The van der Waals surface area contributed by atoms with Crippen molar-refractivity contribution in [2.45, 2.75) is 38.6 Å². The minimum Gasteiger partial charge on any atom is -0.480 e. The zero-order chi connectivity index (χ0) is 15.1. The number of hydrogen-bond donors (Lipinski definition) is 1. The normalized spacial score (nSPS) is 32.8. The maximum atomic E-state index is 12.6. The molecule has 0 bridgehead atoms. The Morgan fingerprint density at radius 2 is 2.00 bits per heavy atom. The molecule has 3 fully saturated rings. The predicted molar refractivity (Wildman–Crippen MR) is 74.3 cm³/mol. The average molecular weight is 294 g/mol. The summed E-state index contributed by atoms with van der Waals surface area (Å²) < 4.78 is 0. The molecule has 21 heavy (non-hydrogen) atoms. The van der Waals surface area contributed by atoms with E-state index in [1.807, 2.05) is 6.92 Å². The van der Waals surface area contributed by atoms with Gasteiger partial charge >= 0.3 is 5.97 Å². The fourth-order valence-corrected chi connectivity index (χ4v) is 3.53. The number of hydrogen-bond acceptors (Lipinski definition) is 3. The minimum atomic E-state index is -0.937. The van der Waals surface area contributed by atoms with Crippen LogP contribution in [0.3, 0.4) is 0 Å². The molecule has 0 aromatic carbocycles. The maximum Gasteiger partial charge on any atom is 0.326 e. The third kappa shape index (κ3) is 2.76. The lowest BCUT2D eigenvalue weighted by Crippen LogP contribution is -2.46. The Labute approximate surface area is 124 Å². The van der Waals surface area contributed by atoms with Crippen LogP contribution in [0.2, 0.25) is 0 Å². The number of nitrogens with zero attached hydrogens (tertiary/aromatic N) is 2. The van der Waals surface area contributed by atoms with Crippen LogP contribution in [-0.2, 0) is 14.4 Å². The molecule has 1 aliphatic carbocycles. The highest BCUT2D eigenvalue weighted by molar-refractivity contribution is 5.91. The largest absolute Gasteiger partial charge is 0.480 e. The van der Waals surface area contributed by atoms with Gasteiger partial charge in [0.05, 0.1) is 5.92 Å². The van der Waals surface area contributed by atoms with E-state index in [9.17, 15) is 19.5 Å². The van der Waals surface area contributed by atoms with Crippen LogP contribution in [0.15, 0.2) is 0 Å². The van der Waals surface area contributed by atoms with Gasteiger partial charge in [-0.25, -0.2) is 4.79 Å². The average Bonchev–Trinajstić information content (AvgIpc) is 3.04. The van der Waals surface area contributed by atoms with E-state index in [-0.39, 0.29) is 30.1 Å². The number of carbonyl (C=O) groups is 3. The predicted octanol–water partition coefficient (Wildman–Crippen LogP) is 0.566. The van der Waals surface area contributed by atoms with Crippen molar-refractivity contribution in [1.82, 2.24) is 9.80 Å². The zero-order valence-electron chi connectivity index (χ0n) is 12.3. The summed E-state index contributed by atoms with van der Waals surface area (Å²) >= 11 is 0. The second-order valence-corrected chi connectivity index (χ2v) is 6.72. The number of aliphatic carboxylic acids is 1. The maximum absolute atomic E-state index is 12.6. The fraction of sp³-hybridized carbons (Fsp3) is 0.800. The van der Waals surface area contributed by atoms with Crippen molar-refractivity contribution in [3.8, 4) is 0 Å². The van der Waals surface area contributed by atoms with Gasteiger partial charge < -0.3 is 14.9 Å². The van der Waals surface area contributed by atoms with Crippen LogP contribution < -0.4 is 0 Å². The molecule has 1 N–H and O–H groups in total. The van der Waals surface area contributed by atoms with Crippen LogP contribution in [0.25, 0.3) is 0 Å². The van der Waals surface area contributed by atoms with Crippen molar-refractivity contribution in [3.05, 3.63) is 0 Å². The highest BCUT2D eigenvalue weighted by Gasteiger charge is 2.45. The van der Waals surface area contributed by atoms with E-state index in [4.69, 9.17) is 0 Å². The summed E-state index contributed by atoms with van der Waals surface area (Å²) in [5.74, 6) is -0.818. The summed E-state index contributed by atoms with van der Waals surface area (Å²) in [4.78, 5) is 39.2. The Balaban J connectivity index is 1.65. The number of carboxylic acids is 1. The SMILES string of the molecule is CC1CCN(C(=O)C2CC(=O)N(CC3CC3)C2)C1C(=O)O. The molecule has 3 atom stereocenters. The quantitative estimate of drug-likeness (QED) is 0.822. The first-order chi connectivity index (χ1) is 9.97. The lowest BCUT2D eigenvalue weighted by Gasteiger charge is -2.26. The summed E-state index contributed by atoms with van der Waals surface area (Å²) in [7, 11) is 0. The molecule has 0 aromatic heterocycles. The Bertz CT molecular complexity index is 474. The third-order valence-electron chi connectivity index (χ3n) is 4.98. The lowest BCUT2D eigenvalue weighted by atomic mass is 10.0. The molecular formula is C15H22N2O4. The van der Waals surface area contributed by atoms with Crippen LogP contribution in [0.1, 0.15) is 32.6 Å². The van der Waals surface area contributed by atoms with Gasteiger partial charge in [0, 0.05) is 26.1 Å². The molecule has 116 valence electrons. The van der Waals surface area contributed by atoms with Crippen LogP contribution >= 0.6 is 0 Å². The first-order valence-corrected chi connectivity index (χ1v) is 7.78. The van der Waals surface area contributed by atoms with Crippen LogP contribution in [0.4, 0.5) is 0 Å². The summed E-state index contributed by atoms with van der Waals surface area (Å²) in [6.07, 6.45) is 3.30. The number of carbonyl (C=O) groups excluding carboxylic acids is 2. The Hall–Kier alpha value is -1.59. The van der Waals surface area contributed by atoms with Gasteiger partial charge in [0.15, 0.2) is 0 Å². The third-order valence-corrected chi connectivity index (χ3v) is 4.98. The number of likely N-dealkylation sites (tertiary alicyclic amines) is 2. The number of carboxylic acid groups (broad SMARTS) is 1. The second kappa shape index (κ2) is 5.31. The van der Waals surface area contributed by atoms with E-state index < -0.39 is 12.0 Å². The Kier molecular flexibility index (Phi) is 3.63. The zero-order valence-corrected chi connectivity index (χ0v) is 12.3. The van der Waals surface area contributed by atoms with Crippen molar-refractivity contribution < 1.29 is 19.5 Å². The van der Waals surface area contributed by atoms with E-state index in [0.29, 0.717) is 19.0 Å². The van der Waals surface area contributed by atoms with Gasteiger partial charge in [0.2, 0.25) is 11.8 Å². The Morgan fingerprint density at radius 1 is 1.29 bits per heavy atom. The molecule has 2 heterocycles. The summed E-state index contributed by atoms with van der Waals surface area (Å²) in [6, 6.07) is -0.731. The van der Waals surface area contributed by atoms with Gasteiger partial charge in [-0.05, 0) is 31.1 Å². The van der Waals surface area contributed by atoms with E-state index in [1.165, 1.54) is 17.7 Å². The second-order valence-electron chi connectivity index (χ2n) is 6.72. The van der Waals surface area contributed by atoms with Crippen LogP contribution in [0.5, 0.6) is 0 Å². The van der Waals surface area contributed by atoms with E-state index >= 15 is 0 Å². The fourth-order valence-electron chi connectivity index (χ4n) is 3.53. The molecule has 6 nitrogen and oxygen atoms in total. The Morgan fingerprint density at radius 3 is 2.62 bits per heavy atom. The monoisotopic (exact) mass is 294 g/mol. The van der Waals surface area contributed by atoms with E-state index in [2.05, 4.69) is 0 Å². The van der Waals surface area contributed by atoms with Gasteiger partial charge in [-0.2, -0.15) is 0 Å². The van der Waals surface area contributed by atoms with Gasteiger partial charge in [0.1, 0.15) is 6.04 Å². The molecule has 2 saturated heterocycles. The highest BCUT2D eigenvalue weighted by atomic mass is 16.4. The van der Waals surface area contributed by atoms with E-state index in [0.717, 1.165) is 13.0 Å². The molecular weight excluding hydrogens is 272 g/mol. The van der Waals surface area contributed by atoms with Crippen molar-refractivity contribution in [1.29, 1.82) is 0 Å². The standard InChI is InChI=1S/C15H22N2O4/c1-9-4-5-17(13(9)15(20)21)14(19)11-6-12(18)16(8-11)7-10-2-3-10/h9-11,13H,2-8H2,1H3,(H,20,21). The van der Waals surface area contributed by atoms with Gasteiger partial charge in [-0.3, -0.25) is 9.59 Å². The van der Waals surface area contributed by atoms with Crippen molar-refractivity contribution in [2.75, 3.05) is 19.6 Å². The minimum absolute atomic E-state index is 0.0221. The molecule has 0 spiro atoms. The summed E-state index contributed by atoms with van der Waals surface area (Å²) in [5.41, 5.74) is 0. The number of amides is 2. The summed E-state index contributed by atoms with van der Waals surface area (Å²) in [5, 5.41) is 9.31. The van der Waals surface area contributed by atoms with Crippen molar-refractivity contribution in [3.63, 3.8) is 0 Å². The van der Waals surface area contributed by atoms with Crippen molar-refractivity contribution in [2.24, 2.45) is 17.8 Å². The highest BCUT2D eigenvalue weighted by Crippen LogP contribution is 2.33. The summed E-state index contributed by atoms with van der Waals surface area (Å²) in [6.45, 7) is 3.59. The molecule has 3 aliphatic rings. The molecule has 3 unspecified atom stereocenters. The smallest absolute Gasteiger partial charge is 0.326 e.